The molecule has 1 aromatic heterocycles. The van der Waals surface area contributed by atoms with Gasteiger partial charge in [0.25, 0.3) is 0 Å². The second-order valence-corrected chi connectivity index (χ2v) is 4.52. The molecular weight excluding hydrogens is 234 g/mol. The molecule has 1 aromatic carbocycles. The van der Waals surface area contributed by atoms with Crippen molar-refractivity contribution in [2.24, 2.45) is 5.73 Å². The molecule has 2 N–H and O–H groups in total. The lowest BCUT2D eigenvalue weighted by Gasteiger charge is -1.95. The van der Waals surface area contributed by atoms with Crippen molar-refractivity contribution in [2.45, 2.75) is 6.92 Å². The van der Waals surface area contributed by atoms with Crippen LogP contribution in [-0.2, 0) is 0 Å². The Morgan fingerprint density at radius 1 is 1.53 bits per heavy atom. The number of carbonyl (C=O) groups is 1. The predicted molar refractivity (Wildman–Crippen MR) is 61.8 cm³/mol. The molecule has 2 aromatic rings. The predicted octanol–water partition coefficient (Wildman–Crippen LogP) is 3.32. The maximum atomic E-state index is 10.6. The van der Waals surface area contributed by atoms with Gasteiger partial charge < -0.3 is 10.5 Å². The largest absolute Gasteiger partial charge is 0.410 e. The van der Waals surface area contributed by atoms with Crippen molar-refractivity contribution in [1.29, 1.82) is 0 Å². The second-order valence-electron chi connectivity index (χ2n) is 3.12. The van der Waals surface area contributed by atoms with E-state index in [1.165, 1.54) is 11.3 Å². The van der Waals surface area contributed by atoms with E-state index in [1.54, 1.807) is 0 Å². The Labute approximate surface area is 95.4 Å². The summed E-state index contributed by atoms with van der Waals surface area (Å²) in [6.07, 6.45) is -0.847. The first-order valence-electron chi connectivity index (χ1n) is 4.24. The van der Waals surface area contributed by atoms with Gasteiger partial charge >= 0.3 is 6.09 Å². The topological polar surface area (TPSA) is 52.3 Å². The van der Waals surface area contributed by atoms with Crippen LogP contribution in [0, 0.1) is 6.92 Å². The molecule has 0 spiro atoms. The normalized spacial score (nSPS) is 10.5. The van der Waals surface area contributed by atoms with Gasteiger partial charge in [0.15, 0.2) is 0 Å². The summed E-state index contributed by atoms with van der Waals surface area (Å²) in [6.45, 7) is 1.99. The molecule has 0 radical (unpaired) electrons. The molecule has 0 aliphatic heterocycles. The van der Waals surface area contributed by atoms with Crippen LogP contribution in [-0.4, -0.2) is 6.09 Å². The van der Waals surface area contributed by atoms with Crippen LogP contribution < -0.4 is 10.5 Å². The monoisotopic (exact) mass is 241 g/mol. The molecule has 0 atom stereocenters. The number of primary amides is 1. The summed E-state index contributed by atoms with van der Waals surface area (Å²) in [5.74, 6) is 0. The van der Waals surface area contributed by atoms with Crippen LogP contribution in [0.25, 0.3) is 10.1 Å². The van der Waals surface area contributed by atoms with Gasteiger partial charge in [-0.1, -0.05) is 35.1 Å². The highest BCUT2D eigenvalue weighted by Crippen LogP contribution is 2.41. The lowest BCUT2D eigenvalue weighted by atomic mass is 10.2. The Balaban J connectivity index is 2.58. The molecule has 78 valence electrons. The summed E-state index contributed by atoms with van der Waals surface area (Å²) < 4.78 is 5.78. The lowest BCUT2D eigenvalue weighted by Crippen LogP contribution is -2.15. The van der Waals surface area contributed by atoms with Crippen LogP contribution in [0.1, 0.15) is 5.56 Å². The van der Waals surface area contributed by atoms with E-state index in [-0.39, 0.29) is 0 Å². The summed E-state index contributed by atoms with van der Waals surface area (Å²) in [4.78, 5) is 10.6. The van der Waals surface area contributed by atoms with Crippen molar-refractivity contribution in [3.05, 3.63) is 28.8 Å². The fourth-order valence-electron chi connectivity index (χ4n) is 1.31. The van der Waals surface area contributed by atoms with Gasteiger partial charge in [-0.05, 0) is 18.6 Å². The number of rotatable bonds is 1. The average Bonchev–Trinajstić information content (AvgIpc) is 2.42. The van der Waals surface area contributed by atoms with Crippen molar-refractivity contribution in [3.8, 4) is 5.06 Å². The molecule has 5 heteroatoms. The molecule has 0 bridgehead atoms. The van der Waals surface area contributed by atoms with E-state index in [0.717, 1.165) is 15.6 Å². The molecule has 0 saturated heterocycles. The van der Waals surface area contributed by atoms with E-state index in [0.29, 0.717) is 10.1 Å². The third-order valence-electron chi connectivity index (χ3n) is 1.95. The smallest absolute Gasteiger partial charge is 0.398 e. The number of hydrogen-bond acceptors (Lipinski definition) is 3. The van der Waals surface area contributed by atoms with Crippen molar-refractivity contribution in [1.82, 2.24) is 0 Å². The number of aryl methyl sites for hydroxylation is 1. The Hall–Kier alpha value is -1.26. The maximum absolute atomic E-state index is 10.6. The Kier molecular flexibility index (Phi) is 2.54. The minimum absolute atomic E-state index is 0.352. The van der Waals surface area contributed by atoms with Gasteiger partial charge in [0.05, 0.1) is 0 Å². The Bertz CT molecular complexity index is 535. The van der Waals surface area contributed by atoms with Gasteiger partial charge in [0, 0.05) is 10.1 Å². The van der Waals surface area contributed by atoms with Gasteiger partial charge in [-0.2, -0.15) is 0 Å². The van der Waals surface area contributed by atoms with Crippen molar-refractivity contribution < 1.29 is 9.53 Å². The zero-order chi connectivity index (χ0) is 11.0. The lowest BCUT2D eigenvalue weighted by molar-refractivity contribution is 0.212. The highest BCUT2D eigenvalue weighted by atomic mass is 35.5. The number of ether oxygens (including phenoxy) is 1. The molecule has 15 heavy (non-hydrogen) atoms. The first-order chi connectivity index (χ1) is 7.08. The van der Waals surface area contributed by atoms with E-state index < -0.39 is 6.09 Å². The van der Waals surface area contributed by atoms with Crippen LogP contribution in [0.4, 0.5) is 4.79 Å². The zero-order valence-corrected chi connectivity index (χ0v) is 9.48. The molecule has 0 aliphatic rings. The average molecular weight is 242 g/mol. The van der Waals surface area contributed by atoms with Crippen LogP contribution in [0.3, 0.4) is 0 Å². The van der Waals surface area contributed by atoms with E-state index in [2.05, 4.69) is 0 Å². The molecular formula is C10H8ClNO2S. The summed E-state index contributed by atoms with van der Waals surface area (Å²) in [6, 6.07) is 5.84. The van der Waals surface area contributed by atoms with E-state index in [9.17, 15) is 4.79 Å². The number of amides is 1. The highest BCUT2D eigenvalue weighted by molar-refractivity contribution is 7.21. The molecule has 3 nitrogen and oxygen atoms in total. The van der Waals surface area contributed by atoms with Crippen LogP contribution in [0.15, 0.2) is 18.2 Å². The molecule has 0 saturated carbocycles. The fraction of sp³-hybridized carbons (Fsp3) is 0.100. The number of fused-ring (bicyclic) bond motifs is 1. The SMILES string of the molecule is Cc1ccc2c(Cl)c(OC(N)=O)sc2c1. The zero-order valence-electron chi connectivity index (χ0n) is 7.91. The van der Waals surface area contributed by atoms with E-state index in [4.69, 9.17) is 22.1 Å². The van der Waals surface area contributed by atoms with Gasteiger partial charge in [-0.25, -0.2) is 4.79 Å². The first kappa shape index (κ1) is 10.3. The summed E-state index contributed by atoms with van der Waals surface area (Å²) in [5.41, 5.74) is 6.06. The van der Waals surface area contributed by atoms with Gasteiger partial charge in [0.2, 0.25) is 5.06 Å². The van der Waals surface area contributed by atoms with Crippen LogP contribution in [0.5, 0.6) is 5.06 Å². The Morgan fingerprint density at radius 3 is 2.93 bits per heavy atom. The van der Waals surface area contributed by atoms with Gasteiger partial charge in [-0.15, -0.1) is 0 Å². The Morgan fingerprint density at radius 2 is 2.27 bits per heavy atom. The number of hydrogen-bond donors (Lipinski definition) is 1. The van der Waals surface area contributed by atoms with Crippen molar-refractivity contribution in [3.63, 3.8) is 0 Å². The minimum atomic E-state index is -0.847. The van der Waals surface area contributed by atoms with Crippen molar-refractivity contribution >= 4 is 39.1 Å². The van der Waals surface area contributed by atoms with E-state index >= 15 is 0 Å². The van der Waals surface area contributed by atoms with Crippen LogP contribution >= 0.6 is 22.9 Å². The number of benzene rings is 1. The quantitative estimate of drug-likeness (QED) is 0.833. The molecule has 2 rings (SSSR count). The number of carbonyl (C=O) groups excluding carboxylic acids is 1. The summed E-state index contributed by atoms with van der Waals surface area (Å²) in [7, 11) is 0. The van der Waals surface area contributed by atoms with Gasteiger partial charge in [0.1, 0.15) is 5.02 Å². The standard InChI is InChI=1S/C10H8ClNO2S/c1-5-2-3-6-7(4-5)15-9(8(6)11)14-10(12)13/h2-4H,1H3,(H2,12,13). The van der Waals surface area contributed by atoms with Crippen LogP contribution in [0.2, 0.25) is 5.02 Å². The number of halogens is 1. The van der Waals surface area contributed by atoms with Crippen molar-refractivity contribution in [2.75, 3.05) is 0 Å². The maximum Gasteiger partial charge on any atom is 0.410 e. The first-order valence-corrected chi connectivity index (χ1v) is 5.43. The number of nitrogens with two attached hydrogens (primary N) is 1. The highest BCUT2D eigenvalue weighted by Gasteiger charge is 2.13. The summed E-state index contributed by atoms with van der Waals surface area (Å²) >= 11 is 7.34. The molecule has 1 heterocycles. The molecule has 0 aliphatic carbocycles. The second kappa shape index (κ2) is 3.72. The molecule has 0 unspecified atom stereocenters. The summed E-state index contributed by atoms with van der Waals surface area (Å²) in [5, 5.41) is 1.67. The minimum Gasteiger partial charge on any atom is -0.398 e. The third-order valence-corrected chi connectivity index (χ3v) is 3.47. The molecule has 0 fully saturated rings. The third kappa shape index (κ3) is 1.91. The van der Waals surface area contributed by atoms with Gasteiger partial charge in [-0.3, -0.25) is 0 Å². The molecule has 1 amide bonds. The number of thiophene rings is 1. The fourth-order valence-corrected chi connectivity index (χ4v) is 2.73. The van der Waals surface area contributed by atoms with E-state index in [1.807, 2.05) is 25.1 Å².